The summed E-state index contributed by atoms with van der Waals surface area (Å²) in [4.78, 5) is 12.0. The Morgan fingerprint density at radius 2 is 1.84 bits per heavy atom. The number of anilines is 1. The normalized spacial score (nSPS) is 12.4. The predicted octanol–water partition coefficient (Wildman–Crippen LogP) is 5.15. The van der Waals surface area contributed by atoms with E-state index in [1.165, 1.54) is 18.2 Å². The van der Waals surface area contributed by atoms with E-state index in [4.69, 9.17) is 11.6 Å². The highest BCUT2D eigenvalue weighted by atomic mass is 35.5. The molecule has 0 fully saturated rings. The number of halogens is 4. The number of hydrogen-bond acceptors (Lipinski definition) is 3. The van der Waals surface area contributed by atoms with E-state index in [9.17, 15) is 18.0 Å². The van der Waals surface area contributed by atoms with Crippen LogP contribution in [0.15, 0.2) is 18.2 Å². The lowest BCUT2D eigenvalue weighted by Crippen LogP contribution is -2.20. The minimum Gasteiger partial charge on any atom is -0.323 e. The third-order valence-corrected chi connectivity index (χ3v) is 3.06. The van der Waals surface area contributed by atoms with Gasteiger partial charge in [-0.15, -0.1) is 0 Å². The van der Waals surface area contributed by atoms with Gasteiger partial charge in [0.15, 0.2) is 5.78 Å². The average Bonchev–Trinajstić information content (AvgIpc) is 2.23. The Labute approximate surface area is 118 Å². The van der Waals surface area contributed by atoms with Crippen molar-refractivity contribution >= 4 is 35.0 Å². The topological polar surface area (TPSA) is 29.1 Å². The number of nitrogens with one attached hydrogen (secondary N) is 1. The number of benzene rings is 1. The predicted molar refractivity (Wildman–Crippen MR) is 72.5 cm³/mol. The van der Waals surface area contributed by atoms with E-state index in [-0.39, 0.29) is 28.4 Å². The van der Waals surface area contributed by atoms with Crippen LogP contribution >= 0.6 is 23.5 Å². The zero-order valence-corrected chi connectivity index (χ0v) is 12.1. The van der Waals surface area contributed by atoms with Gasteiger partial charge in [0.1, 0.15) is 0 Å². The van der Waals surface area contributed by atoms with Crippen LogP contribution in [0.1, 0.15) is 31.1 Å². The average molecular weight is 312 g/mol. The molecular formula is C12H13ClF3NOS. The molecule has 1 aromatic rings. The van der Waals surface area contributed by atoms with Crippen molar-refractivity contribution in [1.29, 1.82) is 0 Å². The SMILES string of the molecule is CC(C)(C)C(=O)c1ccc(NSC(F)(F)F)cc1Cl. The fourth-order valence-corrected chi connectivity index (χ4v) is 1.91. The van der Waals surface area contributed by atoms with Crippen LogP contribution in [0.2, 0.25) is 5.02 Å². The molecule has 0 aromatic heterocycles. The third-order valence-electron chi connectivity index (χ3n) is 2.18. The molecule has 1 aromatic carbocycles. The standard InChI is InChI=1S/C12H13ClF3NOS/c1-11(2,3)10(18)8-5-4-7(6-9(8)13)17-19-12(14,15)16/h4-6,17H,1-3H3. The van der Waals surface area contributed by atoms with Gasteiger partial charge in [-0.3, -0.25) is 4.79 Å². The summed E-state index contributed by atoms with van der Waals surface area (Å²) in [5, 5.41) is 0.132. The summed E-state index contributed by atoms with van der Waals surface area (Å²) in [7, 11) is 0. The Kier molecular flexibility index (Phi) is 4.79. The van der Waals surface area contributed by atoms with E-state index in [0.717, 1.165) is 0 Å². The lowest BCUT2D eigenvalue weighted by atomic mass is 9.86. The summed E-state index contributed by atoms with van der Waals surface area (Å²) in [6.45, 7) is 5.24. The first-order chi connectivity index (χ1) is 8.50. The van der Waals surface area contributed by atoms with Crippen LogP contribution in [-0.4, -0.2) is 11.3 Å². The Hall–Kier alpha value is -0.880. The molecular weight excluding hydrogens is 299 g/mol. The van der Waals surface area contributed by atoms with Crippen LogP contribution < -0.4 is 4.72 Å². The van der Waals surface area contributed by atoms with E-state index >= 15 is 0 Å². The first-order valence-corrected chi connectivity index (χ1v) is 6.55. The lowest BCUT2D eigenvalue weighted by Gasteiger charge is -2.18. The maximum Gasteiger partial charge on any atom is 0.461 e. The quantitative estimate of drug-likeness (QED) is 0.618. The molecule has 19 heavy (non-hydrogen) atoms. The van der Waals surface area contributed by atoms with Crippen molar-refractivity contribution in [2.75, 3.05) is 4.72 Å². The molecule has 0 unspecified atom stereocenters. The van der Waals surface area contributed by atoms with Gasteiger partial charge in [0.2, 0.25) is 0 Å². The van der Waals surface area contributed by atoms with E-state index < -0.39 is 10.9 Å². The van der Waals surface area contributed by atoms with Gasteiger partial charge in [0, 0.05) is 16.7 Å². The molecule has 0 saturated heterocycles. The molecule has 0 atom stereocenters. The van der Waals surface area contributed by atoms with E-state index in [2.05, 4.69) is 4.72 Å². The highest BCUT2D eigenvalue weighted by Crippen LogP contribution is 2.33. The molecule has 2 nitrogen and oxygen atoms in total. The van der Waals surface area contributed by atoms with Crippen LogP contribution in [-0.2, 0) is 0 Å². The molecule has 7 heteroatoms. The molecule has 106 valence electrons. The molecule has 0 spiro atoms. The number of carbonyl (C=O) groups is 1. The number of carbonyl (C=O) groups excluding carboxylic acids is 1. The second kappa shape index (κ2) is 5.63. The van der Waals surface area contributed by atoms with Crippen molar-refractivity contribution in [3.05, 3.63) is 28.8 Å². The molecule has 0 amide bonds. The summed E-state index contributed by atoms with van der Waals surface area (Å²) in [5.74, 6) is -0.160. The molecule has 0 radical (unpaired) electrons. The third kappa shape index (κ3) is 4.95. The number of hydrogen-bond donors (Lipinski definition) is 1. The smallest absolute Gasteiger partial charge is 0.323 e. The van der Waals surface area contributed by atoms with Crippen molar-refractivity contribution in [3.8, 4) is 0 Å². The Morgan fingerprint density at radius 1 is 1.26 bits per heavy atom. The van der Waals surface area contributed by atoms with E-state index in [1.807, 2.05) is 0 Å². The van der Waals surface area contributed by atoms with E-state index in [1.54, 1.807) is 20.8 Å². The number of rotatable bonds is 3. The van der Waals surface area contributed by atoms with E-state index in [0.29, 0.717) is 5.56 Å². The Balaban J connectivity index is 2.90. The molecule has 0 bridgehead atoms. The zero-order chi connectivity index (χ0) is 14.8. The molecule has 0 aliphatic carbocycles. The minimum absolute atomic E-state index is 0.132. The van der Waals surface area contributed by atoms with Crippen molar-refractivity contribution in [3.63, 3.8) is 0 Å². The maximum atomic E-state index is 12.0. The van der Waals surface area contributed by atoms with Gasteiger partial charge in [-0.1, -0.05) is 32.4 Å². The number of alkyl halides is 3. The number of Topliss-reactive ketones (excluding diaryl/α,β-unsaturated/α-hetero) is 1. The van der Waals surface area contributed by atoms with Gasteiger partial charge in [0.25, 0.3) is 0 Å². The van der Waals surface area contributed by atoms with Gasteiger partial charge in [-0.25, -0.2) is 0 Å². The molecule has 0 aliphatic rings. The highest BCUT2D eigenvalue weighted by molar-refractivity contribution is 8.01. The Bertz CT molecular complexity index is 483. The van der Waals surface area contributed by atoms with Gasteiger partial charge in [-0.05, 0) is 18.2 Å². The van der Waals surface area contributed by atoms with Crippen LogP contribution in [0.3, 0.4) is 0 Å². The lowest BCUT2D eigenvalue weighted by molar-refractivity contribution is -0.0323. The summed E-state index contributed by atoms with van der Waals surface area (Å²) < 4.78 is 38.2. The van der Waals surface area contributed by atoms with Crippen molar-refractivity contribution in [2.45, 2.75) is 26.3 Å². The van der Waals surface area contributed by atoms with Gasteiger partial charge >= 0.3 is 5.51 Å². The van der Waals surface area contributed by atoms with Gasteiger partial charge in [0.05, 0.1) is 17.0 Å². The zero-order valence-electron chi connectivity index (χ0n) is 10.6. The summed E-state index contributed by atoms with van der Waals surface area (Å²) in [6, 6.07) is 4.12. The highest BCUT2D eigenvalue weighted by Gasteiger charge is 2.29. The van der Waals surface area contributed by atoms with Crippen molar-refractivity contribution in [1.82, 2.24) is 0 Å². The fraction of sp³-hybridized carbons (Fsp3) is 0.417. The largest absolute Gasteiger partial charge is 0.461 e. The van der Waals surface area contributed by atoms with Gasteiger partial charge in [-0.2, -0.15) is 13.2 Å². The molecule has 0 heterocycles. The molecule has 1 rings (SSSR count). The monoisotopic (exact) mass is 311 g/mol. The van der Waals surface area contributed by atoms with Crippen molar-refractivity contribution in [2.24, 2.45) is 5.41 Å². The summed E-state index contributed by atoms with van der Waals surface area (Å²) in [5.41, 5.74) is -4.49. The second-order valence-corrected chi connectivity index (χ2v) is 6.20. The molecule has 1 N–H and O–H groups in total. The maximum absolute atomic E-state index is 12.0. The number of ketones is 1. The molecule has 0 aliphatic heterocycles. The van der Waals surface area contributed by atoms with Crippen LogP contribution in [0.4, 0.5) is 18.9 Å². The van der Waals surface area contributed by atoms with Crippen molar-refractivity contribution < 1.29 is 18.0 Å². The molecule has 0 saturated carbocycles. The first-order valence-electron chi connectivity index (χ1n) is 5.36. The first kappa shape index (κ1) is 16.2. The van der Waals surface area contributed by atoms with Crippen LogP contribution in [0.25, 0.3) is 0 Å². The van der Waals surface area contributed by atoms with Crippen LogP contribution in [0, 0.1) is 5.41 Å². The Morgan fingerprint density at radius 3 is 2.26 bits per heavy atom. The van der Waals surface area contributed by atoms with Crippen LogP contribution in [0.5, 0.6) is 0 Å². The summed E-state index contributed by atoms with van der Waals surface area (Å²) >= 11 is 5.55. The minimum atomic E-state index is -4.38. The summed E-state index contributed by atoms with van der Waals surface area (Å²) in [6.07, 6.45) is 0. The van der Waals surface area contributed by atoms with Gasteiger partial charge < -0.3 is 4.72 Å². The fourth-order valence-electron chi connectivity index (χ4n) is 1.28. The second-order valence-electron chi connectivity index (χ2n) is 4.92.